The largest absolute Gasteiger partial charge is 0.383 e. The molecule has 0 fully saturated rings. The van der Waals surface area contributed by atoms with Crippen LogP contribution in [0.1, 0.15) is 42.6 Å². The molecule has 0 aliphatic carbocycles. The summed E-state index contributed by atoms with van der Waals surface area (Å²) in [4.78, 5) is 23.4. The average Bonchev–Trinajstić information content (AvgIpc) is 3.00. The lowest BCUT2D eigenvalue weighted by Crippen LogP contribution is -2.28. The van der Waals surface area contributed by atoms with E-state index < -0.39 is 11.7 Å². The predicted molar refractivity (Wildman–Crippen MR) is 146 cm³/mol. The molecule has 0 saturated heterocycles. The van der Waals surface area contributed by atoms with E-state index in [1.165, 1.54) is 37.0 Å². The lowest BCUT2D eigenvalue weighted by atomic mass is 9.80. The smallest absolute Gasteiger partial charge is 0.253 e. The molecule has 1 aromatic heterocycles. The third-order valence-electron chi connectivity index (χ3n) is 6.59. The maximum atomic E-state index is 14.6. The zero-order valence-electron chi connectivity index (χ0n) is 21.5. The van der Waals surface area contributed by atoms with Gasteiger partial charge in [0.25, 0.3) is 5.91 Å². The topological polar surface area (TPSA) is 91.4 Å². The van der Waals surface area contributed by atoms with Gasteiger partial charge < -0.3 is 25.6 Å². The SMILES string of the molecule is CNC(=O)c1cccc(F)c1Nc1nc(Nc2ccc3c(c2)N(CCOC)CCCC3(C)C)ncc1Cl. The molecule has 1 aliphatic rings. The number of para-hydroxylation sites is 1. The van der Waals surface area contributed by atoms with Crippen LogP contribution in [0.3, 0.4) is 0 Å². The number of ether oxygens (including phenoxy) is 1. The van der Waals surface area contributed by atoms with Crippen molar-refractivity contribution in [2.45, 2.75) is 32.1 Å². The Bertz CT molecular complexity index is 1290. The fourth-order valence-corrected chi connectivity index (χ4v) is 4.72. The number of amides is 1. The van der Waals surface area contributed by atoms with Crippen LogP contribution in [0.15, 0.2) is 42.6 Å². The number of nitrogens with zero attached hydrogens (tertiary/aromatic N) is 3. The number of halogens is 2. The highest BCUT2D eigenvalue weighted by molar-refractivity contribution is 6.33. The Morgan fingerprint density at radius 2 is 2.05 bits per heavy atom. The molecule has 1 amide bonds. The number of rotatable bonds is 8. The fraction of sp³-hybridized carbons (Fsp3) is 0.370. The van der Waals surface area contributed by atoms with Crippen LogP contribution < -0.4 is 20.9 Å². The molecule has 2 heterocycles. The molecule has 1 aliphatic heterocycles. The number of benzene rings is 2. The number of anilines is 5. The van der Waals surface area contributed by atoms with E-state index in [9.17, 15) is 9.18 Å². The second-order valence-corrected chi connectivity index (χ2v) is 9.99. The molecule has 3 aromatic rings. The Morgan fingerprint density at radius 1 is 1.24 bits per heavy atom. The molecule has 0 bridgehead atoms. The average molecular weight is 527 g/mol. The summed E-state index contributed by atoms with van der Waals surface area (Å²) in [7, 11) is 3.19. The molecule has 0 unspecified atom stereocenters. The van der Waals surface area contributed by atoms with Crippen molar-refractivity contribution in [2.75, 3.05) is 49.4 Å². The van der Waals surface area contributed by atoms with Crippen molar-refractivity contribution in [1.29, 1.82) is 0 Å². The summed E-state index contributed by atoms with van der Waals surface area (Å²) in [5.41, 5.74) is 3.41. The number of carbonyl (C=O) groups is 1. The Labute approximate surface area is 221 Å². The summed E-state index contributed by atoms with van der Waals surface area (Å²) in [6, 6.07) is 10.5. The minimum Gasteiger partial charge on any atom is -0.383 e. The molecule has 0 atom stereocenters. The lowest BCUT2D eigenvalue weighted by molar-refractivity contribution is 0.0963. The number of methoxy groups -OCH3 is 1. The first-order chi connectivity index (χ1) is 17.7. The number of carbonyl (C=O) groups excluding carboxylic acids is 1. The first kappa shape index (κ1) is 26.6. The maximum absolute atomic E-state index is 14.6. The Morgan fingerprint density at radius 3 is 2.81 bits per heavy atom. The highest BCUT2D eigenvalue weighted by Crippen LogP contribution is 2.40. The van der Waals surface area contributed by atoms with E-state index >= 15 is 0 Å². The molecular weight excluding hydrogens is 495 g/mol. The standard InChI is InChI=1S/C27H32ClFN6O2/c1-27(2)11-6-12-35(13-14-37-4)22-15-17(9-10-19(22)27)32-26-31-16-20(28)24(34-26)33-23-18(25(36)30-3)7-5-8-21(23)29/h5,7-10,15-16H,6,11-14H2,1-4H3,(H,30,36)(H2,31,32,33,34). The molecule has 3 N–H and O–H groups in total. The van der Waals surface area contributed by atoms with Gasteiger partial charge >= 0.3 is 0 Å². The van der Waals surface area contributed by atoms with Crippen molar-refractivity contribution in [2.24, 2.45) is 0 Å². The van der Waals surface area contributed by atoms with E-state index in [1.807, 2.05) is 6.07 Å². The maximum Gasteiger partial charge on any atom is 0.253 e. The second-order valence-electron chi connectivity index (χ2n) is 9.58. The number of aromatic nitrogens is 2. The van der Waals surface area contributed by atoms with Crippen LogP contribution in [-0.4, -0.2) is 49.7 Å². The van der Waals surface area contributed by atoms with E-state index in [-0.39, 0.29) is 33.5 Å². The molecule has 0 saturated carbocycles. The van der Waals surface area contributed by atoms with E-state index in [4.69, 9.17) is 16.3 Å². The molecule has 2 aromatic carbocycles. The van der Waals surface area contributed by atoms with Gasteiger partial charge in [-0.3, -0.25) is 4.79 Å². The van der Waals surface area contributed by atoms with Crippen molar-refractivity contribution in [3.63, 3.8) is 0 Å². The summed E-state index contributed by atoms with van der Waals surface area (Å²) >= 11 is 6.32. The van der Waals surface area contributed by atoms with Gasteiger partial charge in [-0.15, -0.1) is 0 Å². The summed E-state index contributed by atoms with van der Waals surface area (Å²) in [5, 5.41) is 8.81. The highest BCUT2D eigenvalue weighted by atomic mass is 35.5. The van der Waals surface area contributed by atoms with E-state index in [0.29, 0.717) is 6.61 Å². The zero-order chi connectivity index (χ0) is 26.6. The predicted octanol–water partition coefficient (Wildman–Crippen LogP) is 5.64. The van der Waals surface area contributed by atoms with Gasteiger partial charge in [0.2, 0.25) is 5.95 Å². The zero-order valence-corrected chi connectivity index (χ0v) is 22.2. The van der Waals surface area contributed by atoms with Gasteiger partial charge in [-0.25, -0.2) is 9.37 Å². The van der Waals surface area contributed by atoms with E-state index in [0.717, 1.165) is 37.3 Å². The molecule has 10 heteroatoms. The van der Waals surface area contributed by atoms with Crippen LogP contribution in [0.5, 0.6) is 0 Å². The monoisotopic (exact) mass is 526 g/mol. The normalized spacial score (nSPS) is 14.5. The van der Waals surface area contributed by atoms with E-state index in [1.54, 1.807) is 7.11 Å². The number of nitrogens with one attached hydrogen (secondary N) is 3. The second kappa shape index (κ2) is 11.3. The highest BCUT2D eigenvalue weighted by Gasteiger charge is 2.29. The van der Waals surface area contributed by atoms with Gasteiger partial charge in [0.1, 0.15) is 10.8 Å². The number of hydrogen-bond acceptors (Lipinski definition) is 7. The van der Waals surface area contributed by atoms with Crippen molar-refractivity contribution >= 4 is 46.3 Å². The molecule has 0 spiro atoms. The van der Waals surface area contributed by atoms with Crippen LogP contribution in [0.4, 0.5) is 33.2 Å². The summed E-state index contributed by atoms with van der Waals surface area (Å²) in [6.07, 6.45) is 3.62. The van der Waals surface area contributed by atoms with Crippen molar-refractivity contribution in [3.8, 4) is 0 Å². The third kappa shape index (κ3) is 5.94. The van der Waals surface area contributed by atoms with Crippen LogP contribution in [0, 0.1) is 5.82 Å². The first-order valence-electron chi connectivity index (χ1n) is 12.2. The van der Waals surface area contributed by atoms with Crippen LogP contribution >= 0.6 is 11.6 Å². The molecular formula is C27H32ClFN6O2. The quantitative estimate of drug-likeness (QED) is 0.350. The van der Waals surface area contributed by atoms with Gasteiger partial charge in [-0.05, 0) is 48.1 Å². The summed E-state index contributed by atoms with van der Waals surface area (Å²) < 4.78 is 20.0. The first-order valence-corrected chi connectivity index (χ1v) is 12.6. The van der Waals surface area contributed by atoms with Gasteiger partial charge in [-0.1, -0.05) is 37.6 Å². The number of fused-ring (bicyclic) bond motifs is 1. The van der Waals surface area contributed by atoms with E-state index in [2.05, 4.69) is 56.8 Å². The minimum absolute atomic E-state index is 0.0190. The summed E-state index contributed by atoms with van der Waals surface area (Å²) in [6.45, 7) is 6.93. The van der Waals surface area contributed by atoms with Crippen molar-refractivity contribution in [3.05, 3.63) is 64.6 Å². The molecule has 8 nitrogen and oxygen atoms in total. The molecule has 0 radical (unpaired) electrons. The molecule has 196 valence electrons. The number of hydrogen-bond donors (Lipinski definition) is 3. The molecule has 37 heavy (non-hydrogen) atoms. The summed E-state index contributed by atoms with van der Waals surface area (Å²) in [5.74, 6) is -0.584. The van der Waals surface area contributed by atoms with Gasteiger partial charge in [0.05, 0.1) is 24.1 Å². The van der Waals surface area contributed by atoms with Gasteiger partial charge in [-0.2, -0.15) is 4.98 Å². The third-order valence-corrected chi connectivity index (χ3v) is 6.87. The molecule has 4 rings (SSSR count). The van der Waals surface area contributed by atoms with Crippen LogP contribution in [-0.2, 0) is 10.2 Å². The van der Waals surface area contributed by atoms with Crippen LogP contribution in [0.2, 0.25) is 5.02 Å². The van der Waals surface area contributed by atoms with Crippen molar-refractivity contribution < 1.29 is 13.9 Å². The minimum atomic E-state index is -0.602. The lowest BCUT2D eigenvalue weighted by Gasteiger charge is -2.29. The Balaban J connectivity index is 1.64. The van der Waals surface area contributed by atoms with Crippen molar-refractivity contribution in [1.82, 2.24) is 15.3 Å². The Hall–Kier alpha value is -3.43. The fourth-order valence-electron chi connectivity index (χ4n) is 4.58. The Kier molecular flexibility index (Phi) is 8.14. The van der Waals surface area contributed by atoms with Gasteiger partial charge in [0.15, 0.2) is 5.82 Å². The van der Waals surface area contributed by atoms with Crippen LogP contribution in [0.25, 0.3) is 0 Å². The van der Waals surface area contributed by atoms with Gasteiger partial charge in [0, 0.05) is 38.6 Å².